The molecule has 2 unspecified atom stereocenters. The second-order valence-corrected chi connectivity index (χ2v) is 8.48. The van der Waals surface area contributed by atoms with Gasteiger partial charge in [-0.1, -0.05) is 12.1 Å². The number of amides is 1. The number of ether oxygens (including phenoxy) is 1. The molecule has 5 nitrogen and oxygen atoms in total. The minimum absolute atomic E-state index is 0.0597. The zero-order valence-electron chi connectivity index (χ0n) is 14.8. The molecule has 140 valence electrons. The van der Waals surface area contributed by atoms with E-state index in [4.69, 9.17) is 4.74 Å². The van der Waals surface area contributed by atoms with Crippen LogP contribution in [0.1, 0.15) is 45.4 Å². The Morgan fingerprint density at radius 1 is 1.23 bits per heavy atom. The molecule has 26 heavy (non-hydrogen) atoms. The van der Waals surface area contributed by atoms with E-state index in [0.717, 1.165) is 32.1 Å². The lowest BCUT2D eigenvalue weighted by Gasteiger charge is -2.58. The van der Waals surface area contributed by atoms with Crippen molar-refractivity contribution in [3.05, 3.63) is 30.1 Å². The number of hydrogen-bond donors (Lipinski definition) is 2. The van der Waals surface area contributed by atoms with Crippen LogP contribution in [0.4, 0.5) is 10.1 Å². The van der Waals surface area contributed by atoms with Gasteiger partial charge in [0, 0.05) is 0 Å². The number of carbonyl (C=O) groups is 2. The number of aliphatic hydroxyl groups is 1. The maximum Gasteiger partial charge on any atom is 0.312 e. The van der Waals surface area contributed by atoms with E-state index < -0.39 is 34.8 Å². The van der Waals surface area contributed by atoms with Crippen molar-refractivity contribution in [2.45, 2.75) is 57.2 Å². The smallest absolute Gasteiger partial charge is 0.312 e. The Kier molecular flexibility index (Phi) is 4.06. The van der Waals surface area contributed by atoms with Crippen molar-refractivity contribution in [1.29, 1.82) is 0 Å². The summed E-state index contributed by atoms with van der Waals surface area (Å²) in [6.07, 6.45) is 3.46. The lowest BCUT2D eigenvalue weighted by molar-refractivity contribution is -0.199. The quantitative estimate of drug-likeness (QED) is 0.809. The van der Waals surface area contributed by atoms with E-state index in [1.807, 2.05) is 0 Å². The van der Waals surface area contributed by atoms with Gasteiger partial charge in [-0.05, 0) is 69.4 Å². The van der Waals surface area contributed by atoms with Gasteiger partial charge in [0.15, 0.2) is 6.10 Å². The van der Waals surface area contributed by atoms with Crippen LogP contribution >= 0.6 is 0 Å². The number of hydrogen-bond acceptors (Lipinski definition) is 4. The third-order valence-electron chi connectivity index (χ3n) is 6.25. The van der Waals surface area contributed by atoms with E-state index in [2.05, 4.69) is 5.32 Å². The molecule has 4 fully saturated rings. The van der Waals surface area contributed by atoms with Gasteiger partial charge in [-0.3, -0.25) is 9.59 Å². The zero-order valence-corrected chi connectivity index (χ0v) is 14.8. The maximum atomic E-state index is 13.7. The molecule has 5 rings (SSSR count). The third kappa shape index (κ3) is 3.00. The first-order chi connectivity index (χ1) is 12.3. The van der Waals surface area contributed by atoms with Crippen molar-refractivity contribution < 1.29 is 23.8 Å². The molecule has 0 spiro atoms. The summed E-state index contributed by atoms with van der Waals surface area (Å²) in [6, 6.07) is 5.86. The van der Waals surface area contributed by atoms with E-state index >= 15 is 0 Å². The molecule has 4 aliphatic carbocycles. The summed E-state index contributed by atoms with van der Waals surface area (Å²) in [5.41, 5.74) is -1.38. The van der Waals surface area contributed by atoms with Crippen LogP contribution in [0.5, 0.6) is 0 Å². The molecule has 1 aromatic rings. The minimum atomic E-state index is -1.02. The predicted octanol–water partition coefficient (Wildman–Crippen LogP) is 3.03. The van der Waals surface area contributed by atoms with Crippen LogP contribution in [-0.4, -0.2) is 28.7 Å². The molecule has 0 radical (unpaired) electrons. The molecule has 6 heteroatoms. The fraction of sp³-hybridized carbons (Fsp3) is 0.600. The summed E-state index contributed by atoms with van der Waals surface area (Å²) < 4.78 is 19.1. The minimum Gasteiger partial charge on any atom is -0.452 e. The molecule has 0 aliphatic heterocycles. The first-order valence-corrected chi connectivity index (χ1v) is 9.27. The van der Waals surface area contributed by atoms with Gasteiger partial charge in [0.25, 0.3) is 5.91 Å². The summed E-state index contributed by atoms with van der Waals surface area (Å²) in [5.74, 6) is -0.788. The van der Waals surface area contributed by atoms with E-state index in [9.17, 15) is 19.1 Å². The van der Waals surface area contributed by atoms with Gasteiger partial charge in [0.1, 0.15) is 5.82 Å². The monoisotopic (exact) mass is 361 g/mol. The van der Waals surface area contributed by atoms with Crippen LogP contribution in [0.15, 0.2) is 24.3 Å². The molecule has 4 bridgehead atoms. The molecule has 0 saturated heterocycles. The van der Waals surface area contributed by atoms with Gasteiger partial charge in [0.05, 0.1) is 16.7 Å². The molecular weight excluding hydrogens is 337 g/mol. The average molecular weight is 361 g/mol. The summed E-state index contributed by atoms with van der Waals surface area (Å²) in [7, 11) is 0. The molecular formula is C20H24FNO4. The Bertz CT molecular complexity index is 735. The van der Waals surface area contributed by atoms with Crippen molar-refractivity contribution in [3.63, 3.8) is 0 Å². The van der Waals surface area contributed by atoms with Crippen molar-refractivity contribution in [1.82, 2.24) is 0 Å². The topological polar surface area (TPSA) is 75.6 Å². The van der Waals surface area contributed by atoms with E-state index in [-0.39, 0.29) is 5.69 Å². The second-order valence-electron chi connectivity index (χ2n) is 8.48. The van der Waals surface area contributed by atoms with Crippen LogP contribution in [0.2, 0.25) is 0 Å². The Hall–Kier alpha value is -1.95. The first-order valence-electron chi connectivity index (χ1n) is 9.27. The zero-order chi connectivity index (χ0) is 18.5. The fourth-order valence-corrected chi connectivity index (χ4v) is 5.59. The van der Waals surface area contributed by atoms with Gasteiger partial charge in [0.2, 0.25) is 0 Å². The Morgan fingerprint density at radius 3 is 2.50 bits per heavy atom. The molecule has 1 amide bonds. The molecule has 2 N–H and O–H groups in total. The number of para-hydroxylation sites is 1. The largest absolute Gasteiger partial charge is 0.452 e. The predicted molar refractivity (Wildman–Crippen MR) is 92.6 cm³/mol. The number of rotatable bonds is 4. The fourth-order valence-electron chi connectivity index (χ4n) is 5.59. The number of esters is 1. The summed E-state index contributed by atoms with van der Waals surface area (Å²) >= 11 is 0. The Morgan fingerprint density at radius 2 is 1.88 bits per heavy atom. The summed E-state index contributed by atoms with van der Waals surface area (Å²) in [5, 5.41) is 13.2. The summed E-state index contributed by atoms with van der Waals surface area (Å²) in [6.45, 7) is 1.49. The van der Waals surface area contributed by atoms with Crippen LogP contribution in [0, 0.1) is 23.1 Å². The van der Waals surface area contributed by atoms with Crippen molar-refractivity contribution in [2.75, 3.05) is 5.32 Å². The lowest BCUT2D eigenvalue weighted by atomic mass is 9.48. The summed E-state index contributed by atoms with van der Waals surface area (Å²) in [4.78, 5) is 25.2. The lowest BCUT2D eigenvalue weighted by Crippen LogP contribution is -2.59. The Labute approximate surface area is 151 Å². The van der Waals surface area contributed by atoms with E-state index in [1.165, 1.54) is 25.1 Å². The van der Waals surface area contributed by atoms with Crippen LogP contribution in [0.3, 0.4) is 0 Å². The second kappa shape index (κ2) is 6.05. The SMILES string of the molecule is C[C@@H](OC(=O)C12C[C@@H]3C[C@@H](CC(O)(C3)C1)C2)C(=O)Nc1ccccc1F. The van der Waals surface area contributed by atoms with Crippen LogP contribution < -0.4 is 5.32 Å². The van der Waals surface area contributed by atoms with E-state index in [1.54, 1.807) is 6.07 Å². The first kappa shape index (κ1) is 17.5. The standard InChI is InChI=1S/C20H24FNO4/c1-12(17(23)22-16-5-3-2-4-15(16)21)26-18(24)19-7-13-6-14(8-19)10-20(25,9-13)11-19/h2-5,12-14,25H,6-11H2,1H3,(H,22,23)/t12-,13-,14+,19?,20?/m1/s1. The highest BCUT2D eigenvalue weighted by molar-refractivity contribution is 5.95. The number of carbonyl (C=O) groups excluding carboxylic acids is 2. The normalized spacial score (nSPS) is 35.8. The molecule has 4 saturated carbocycles. The van der Waals surface area contributed by atoms with Gasteiger partial charge >= 0.3 is 5.97 Å². The van der Waals surface area contributed by atoms with Crippen molar-refractivity contribution in [2.24, 2.45) is 17.3 Å². The average Bonchev–Trinajstić information content (AvgIpc) is 2.54. The Balaban J connectivity index is 1.43. The van der Waals surface area contributed by atoms with Gasteiger partial charge < -0.3 is 15.2 Å². The number of nitrogens with one attached hydrogen (secondary N) is 1. The van der Waals surface area contributed by atoms with Crippen molar-refractivity contribution in [3.8, 4) is 0 Å². The highest BCUT2D eigenvalue weighted by atomic mass is 19.1. The highest BCUT2D eigenvalue weighted by Gasteiger charge is 2.61. The number of benzene rings is 1. The highest BCUT2D eigenvalue weighted by Crippen LogP contribution is 2.62. The number of anilines is 1. The van der Waals surface area contributed by atoms with Gasteiger partial charge in [-0.25, -0.2) is 4.39 Å². The van der Waals surface area contributed by atoms with Crippen molar-refractivity contribution >= 4 is 17.6 Å². The molecule has 0 heterocycles. The molecule has 1 aromatic carbocycles. The van der Waals surface area contributed by atoms with Crippen LogP contribution in [0.25, 0.3) is 0 Å². The molecule has 0 aromatic heterocycles. The van der Waals surface area contributed by atoms with Gasteiger partial charge in [-0.2, -0.15) is 0 Å². The molecule has 4 aliphatic rings. The third-order valence-corrected chi connectivity index (χ3v) is 6.25. The van der Waals surface area contributed by atoms with Gasteiger partial charge in [-0.15, -0.1) is 0 Å². The van der Waals surface area contributed by atoms with Crippen LogP contribution in [-0.2, 0) is 14.3 Å². The molecule has 5 atom stereocenters. The maximum absolute atomic E-state index is 13.7. The number of halogens is 1. The van der Waals surface area contributed by atoms with E-state index in [0.29, 0.717) is 18.3 Å².